The molecule has 4 heterocycles. The van der Waals surface area contributed by atoms with E-state index in [1.807, 2.05) is 0 Å². The van der Waals surface area contributed by atoms with Crippen LogP contribution >= 0.6 is 34.8 Å². The Labute approximate surface area is 225 Å². The fourth-order valence-corrected chi connectivity index (χ4v) is 5.71. The molecule has 2 aliphatic heterocycles. The molecule has 2 aliphatic rings. The van der Waals surface area contributed by atoms with E-state index in [2.05, 4.69) is 10.1 Å². The van der Waals surface area contributed by atoms with E-state index in [1.165, 1.54) is 0 Å². The minimum atomic E-state index is -4.53. The number of halogens is 6. The molecule has 0 aliphatic carbocycles. The monoisotopic (exact) mass is 574 g/mol. The summed E-state index contributed by atoms with van der Waals surface area (Å²) in [6, 6.07) is 5.86. The van der Waals surface area contributed by atoms with Gasteiger partial charge in [0.1, 0.15) is 28.6 Å². The Balaban J connectivity index is 1.39. The topological polar surface area (TPSA) is 71.7 Å². The fourth-order valence-electron chi connectivity index (χ4n) is 4.85. The summed E-state index contributed by atoms with van der Waals surface area (Å²) in [6.45, 7) is 3.05. The van der Waals surface area contributed by atoms with Crippen molar-refractivity contribution in [1.82, 2.24) is 15.0 Å². The van der Waals surface area contributed by atoms with Crippen LogP contribution in [-0.4, -0.2) is 52.9 Å². The third-order valence-corrected chi connectivity index (χ3v) is 7.60. The maximum atomic E-state index is 13.9. The molecular weight excluding hydrogens is 556 g/mol. The Morgan fingerprint density at radius 3 is 2.38 bits per heavy atom. The van der Waals surface area contributed by atoms with Crippen LogP contribution in [0, 0.1) is 6.92 Å². The van der Waals surface area contributed by atoms with Gasteiger partial charge in [-0.3, -0.25) is 4.79 Å². The predicted octanol–water partition coefficient (Wildman–Crippen LogP) is 6.49. The number of alkyl halides is 3. The first kappa shape index (κ1) is 26.1. The number of aryl methyl sites for hydroxylation is 1. The van der Waals surface area contributed by atoms with E-state index in [4.69, 9.17) is 44.1 Å². The molecule has 1 aromatic carbocycles. The summed E-state index contributed by atoms with van der Waals surface area (Å²) in [5, 5.41) is 4.65. The van der Waals surface area contributed by atoms with Crippen LogP contribution in [0.2, 0.25) is 15.1 Å². The van der Waals surface area contributed by atoms with Gasteiger partial charge in [-0.1, -0.05) is 46.0 Å². The molecule has 2 aromatic heterocycles. The molecule has 1 spiro atoms. The van der Waals surface area contributed by atoms with Crippen LogP contribution < -0.4 is 4.90 Å². The number of aromatic nitrogens is 2. The average Bonchev–Trinajstić information content (AvgIpc) is 3.42. The van der Waals surface area contributed by atoms with E-state index >= 15 is 0 Å². The van der Waals surface area contributed by atoms with Crippen LogP contribution in [-0.2, 0) is 10.9 Å². The van der Waals surface area contributed by atoms with Gasteiger partial charge in [-0.2, -0.15) is 13.2 Å². The highest BCUT2D eigenvalue weighted by molar-refractivity contribution is 6.39. The van der Waals surface area contributed by atoms with Crippen molar-refractivity contribution < 1.29 is 27.2 Å². The van der Waals surface area contributed by atoms with Crippen molar-refractivity contribution in [2.24, 2.45) is 0 Å². The van der Waals surface area contributed by atoms with Crippen LogP contribution in [0.25, 0.3) is 11.3 Å². The summed E-state index contributed by atoms with van der Waals surface area (Å²) < 4.78 is 50.5. The molecule has 0 unspecified atom stereocenters. The Kier molecular flexibility index (Phi) is 6.81. The Hall–Kier alpha value is -2.53. The number of anilines is 1. The molecule has 13 heteroatoms. The maximum Gasteiger partial charge on any atom is 0.417 e. The van der Waals surface area contributed by atoms with Crippen molar-refractivity contribution in [2.75, 3.05) is 31.1 Å². The summed E-state index contributed by atoms with van der Waals surface area (Å²) in [7, 11) is 0. The number of rotatable bonds is 3. The summed E-state index contributed by atoms with van der Waals surface area (Å²) in [5.74, 6) is 0.239. The molecule has 2 saturated heterocycles. The van der Waals surface area contributed by atoms with Crippen LogP contribution in [0.15, 0.2) is 35.0 Å². The smallest absolute Gasteiger partial charge is 0.360 e. The number of pyridine rings is 1. The Morgan fingerprint density at radius 1 is 1.08 bits per heavy atom. The summed E-state index contributed by atoms with van der Waals surface area (Å²) >= 11 is 18.9. The highest BCUT2D eigenvalue weighted by Gasteiger charge is 2.48. The molecule has 3 aromatic rings. The normalized spacial score (nSPS) is 17.6. The zero-order valence-corrected chi connectivity index (χ0v) is 21.7. The van der Waals surface area contributed by atoms with Crippen LogP contribution in [0.5, 0.6) is 0 Å². The summed E-state index contributed by atoms with van der Waals surface area (Å²) in [4.78, 5) is 21.3. The van der Waals surface area contributed by atoms with E-state index in [-0.39, 0.29) is 28.0 Å². The van der Waals surface area contributed by atoms with Gasteiger partial charge in [0.05, 0.1) is 27.2 Å². The van der Waals surface area contributed by atoms with Crippen molar-refractivity contribution in [3.63, 3.8) is 0 Å². The maximum absolute atomic E-state index is 13.9. The van der Waals surface area contributed by atoms with Gasteiger partial charge in [-0.05, 0) is 25.1 Å². The quantitative estimate of drug-likeness (QED) is 0.355. The zero-order valence-electron chi connectivity index (χ0n) is 19.4. The van der Waals surface area contributed by atoms with E-state index in [0.29, 0.717) is 60.5 Å². The fraction of sp³-hybridized carbons (Fsp3) is 0.375. The molecule has 196 valence electrons. The second kappa shape index (κ2) is 9.65. The highest BCUT2D eigenvalue weighted by atomic mass is 35.5. The predicted molar refractivity (Wildman–Crippen MR) is 132 cm³/mol. The molecule has 2 fully saturated rings. The molecule has 7 nitrogen and oxygen atoms in total. The lowest BCUT2D eigenvalue weighted by Gasteiger charge is -2.44. The van der Waals surface area contributed by atoms with Gasteiger partial charge in [0.25, 0.3) is 5.91 Å². The van der Waals surface area contributed by atoms with E-state index < -0.39 is 17.5 Å². The van der Waals surface area contributed by atoms with Crippen molar-refractivity contribution in [3.05, 3.63) is 62.4 Å². The van der Waals surface area contributed by atoms with Gasteiger partial charge >= 0.3 is 6.18 Å². The van der Waals surface area contributed by atoms with Gasteiger partial charge in [0, 0.05) is 44.2 Å². The lowest BCUT2D eigenvalue weighted by molar-refractivity contribution is -0.137. The molecular formula is C24H20Cl3F3N4O3. The Morgan fingerprint density at radius 2 is 1.76 bits per heavy atom. The number of hydrogen-bond acceptors (Lipinski definition) is 6. The molecule has 0 atom stereocenters. The van der Waals surface area contributed by atoms with E-state index in [9.17, 15) is 18.0 Å². The first-order chi connectivity index (χ1) is 17.5. The third-order valence-electron chi connectivity index (χ3n) is 6.69. The number of carbonyl (C=O) groups is 1. The largest absolute Gasteiger partial charge is 0.417 e. The number of piperidine rings is 1. The number of benzene rings is 1. The standard InChI is InChI=1S/C24H20Cl3F3N4O3/c1-13-18(20(32-37-13)19-15(25)3-2-4-16(19)26)22(35)34-9-10-36-23(34)5-7-33(8-6-23)21-17(27)11-14(12-31-21)24(28,29)30/h2-4,11-12H,5-10H2,1H3. The molecule has 0 bridgehead atoms. The van der Waals surface area contributed by atoms with E-state index in [0.717, 1.165) is 12.3 Å². The van der Waals surface area contributed by atoms with Gasteiger partial charge in [0.2, 0.25) is 0 Å². The molecule has 5 rings (SSSR count). The Bertz CT molecular complexity index is 1340. The van der Waals surface area contributed by atoms with Crippen LogP contribution in [0.4, 0.5) is 19.0 Å². The second-order valence-corrected chi connectivity index (χ2v) is 10.0. The number of hydrogen-bond donors (Lipinski definition) is 0. The van der Waals surface area contributed by atoms with Gasteiger partial charge in [-0.15, -0.1) is 0 Å². The lowest BCUT2D eigenvalue weighted by Crippen LogP contribution is -2.55. The summed E-state index contributed by atoms with van der Waals surface area (Å²) in [5.41, 5.74) is -0.924. The summed E-state index contributed by atoms with van der Waals surface area (Å²) in [6.07, 6.45) is -2.98. The van der Waals surface area contributed by atoms with Crippen LogP contribution in [0.3, 0.4) is 0 Å². The number of carbonyl (C=O) groups excluding carboxylic acids is 1. The molecule has 0 radical (unpaired) electrons. The second-order valence-electron chi connectivity index (χ2n) is 8.82. The number of nitrogens with zero attached hydrogens (tertiary/aromatic N) is 4. The minimum absolute atomic E-state index is 0.0904. The molecule has 1 amide bonds. The molecule has 37 heavy (non-hydrogen) atoms. The van der Waals surface area contributed by atoms with Crippen molar-refractivity contribution >= 4 is 46.5 Å². The third kappa shape index (κ3) is 4.65. The van der Waals surface area contributed by atoms with Gasteiger partial charge in [0.15, 0.2) is 0 Å². The van der Waals surface area contributed by atoms with Gasteiger partial charge < -0.3 is 19.1 Å². The number of ether oxygens (including phenoxy) is 1. The number of amides is 1. The highest BCUT2D eigenvalue weighted by Crippen LogP contribution is 2.42. The average molecular weight is 576 g/mol. The molecule has 0 saturated carbocycles. The van der Waals surface area contributed by atoms with Crippen molar-refractivity contribution in [1.29, 1.82) is 0 Å². The molecule has 0 N–H and O–H groups in total. The van der Waals surface area contributed by atoms with Gasteiger partial charge in [-0.25, -0.2) is 4.98 Å². The minimum Gasteiger partial charge on any atom is -0.360 e. The van der Waals surface area contributed by atoms with Crippen LogP contribution in [0.1, 0.15) is 34.5 Å². The zero-order chi connectivity index (χ0) is 26.5. The lowest BCUT2D eigenvalue weighted by atomic mass is 9.97. The van der Waals surface area contributed by atoms with E-state index in [1.54, 1.807) is 34.9 Å². The first-order valence-corrected chi connectivity index (χ1v) is 12.5. The van der Waals surface area contributed by atoms with Crippen molar-refractivity contribution in [3.8, 4) is 11.3 Å². The first-order valence-electron chi connectivity index (χ1n) is 11.4. The SMILES string of the molecule is Cc1onc(-c2c(Cl)cccc2Cl)c1C(=O)N1CCOC12CCN(c1ncc(C(F)(F)F)cc1Cl)CC2. The van der Waals surface area contributed by atoms with Crippen molar-refractivity contribution in [2.45, 2.75) is 31.7 Å².